The molecule has 11 aromatic carbocycles. The average Bonchev–Trinajstić information content (AvgIpc) is 3.82. The second kappa shape index (κ2) is 13.5. The second-order valence-electron chi connectivity index (χ2n) is 16.7. The molecule has 288 valence electrons. The van der Waals surface area contributed by atoms with Crippen LogP contribution in [0.25, 0.3) is 76.8 Å². The third-order valence-electron chi connectivity index (χ3n) is 13.7. The molecule has 11 aromatic rings. The fraction of sp³-hybridized carbons (Fsp3) is 0.0164. The van der Waals surface area contributed by atoms with Crippen LogP contribution in [0.2, 0.25) is 0 Å². The first-order chi connectivity index (χ1) is 30.8. The van der Waals surface area contributed by atoms with Crippen LogP contribution in [0.3, 0.4) is 0 Å². The first-order valence-corrected chi connectivity index (χ1v) is 21.6. The SMILES string of the molecule is c1ccc(-c2cccc(-c3ccccc3)c2N(c2ccc3c(c2)C2(c4ccccc4-c4ccccc42)c2ccccc2-3)c2ccc3c4ccccc4c4ccccc4c3c2)cc1. The third-order valence-corrected chi connectivity index (χ3v) is 13.7. The van der Waals surface area contributed by atoms with Gasteiger partial charge in [-0.2, -0.15) is 0 Å². The molecule has 0 unspecified atom stereocenters. The lowest BCUT2D eigenvalue weighted by molar-refractivity contribution is 0.793. The van der Waals surface area contributed by atoms with Crippen molar-refractivity contribution in [2.45, 2.75) is 5.41 Å². The van der Waals surface area contributed by atoms with Crippen LogP contribution < -0.4 is 4.90 Å². The molecule has 0 amide bonds. The van der Waals surface area contributed by atoms with Crippen molar-refractivity contribution in [1.82, 2.24) is 0 Å². The van der Waals surface area contributed by atoms with Crippen molar-refractivity contribution in [2.24, 2.45) is 0 Å². The van der Waals surface area contributed by atoms with Gasteiger partial charge in [0, 0.05) is 22.5 Å². The Kier molecular flexibility index (Phi) is 7.59. The summed E-state index contributed by atoms with van der Waals surface area (Å²) < 4.78 is 0. The predicted molar refractivity (Wildman–Crippen MR) is 261 cm³/mol. The molecule has 1 heteroatoms. The van der Waals surface area contributed by atoms with Gasteiger partial charge in [0.15, 0.2) is 0 Å². The van der Waals surface area contributed by atoms with E-state index in [-0.39, 0.29) is 0 Å². The van der Waals surface area contributed by atoms with E-state index in [0.717, 1.165) is 17.1 Å². The van der Waals surface area contributed by atoms with Gasteiger partial charge in [-0.1, -0.05) is 212 Å². The summed E-state index contributed by atoms with van der Waals surface area (Å²) in [7, 11) is 0. The fourth-order valence-corrected chi connectivity index (χ4v) is 11.1. The summed E-state index contributed by atoms with van der Waals surface area (Å²) in [5.41, 5.74) is 18.1. The molecule has 0 aromatic heterocycles. The number of hydrogen-bond donors (Lipinski definition) is 0. The van der Waals surface area contributed by atoms with Crippen LogP contribution in [-0.2, 0) is 5.41 Å². The summed E-state index contributed by atoms with van der Waals surface area (Å²) in [6.07, 6.45) is 0. The van der Waals surface area contributed by atoms with Gasteiger partial charge in [-0.3, -0.25) is 0 Å². The van der Waals surface area contributed by atoms with Gasteiger partial charge in [-0.05, 0) is 112 Å². The highest BCUT2D eigenvalue weighted by Crippen LogP contribution is 2.63. The lowest BCUT2D eigenvalue weighted by Gasteiger charge is -2.33. The minimum Gasteiger partial charge on any atom is -0.309 e. The molecule has 0 saturated heterocycles. The molecule has 2 aliphatic rings. The first-order valence-electron chi connectivity index (χ1n) is 21.6. The van der Waals surface area contributed by atoms with E-state index in [1.807, 2.05) is 0 Å². The number of rotatable bonds is 5. The van der Waals surface area contributed by atoms with Gasteiger partial charge < -0.3 is 4.90 Å². The van der Waals surface area contributed by atoms with E-state index in [2.05, 4.69) is 241 Å². The Bertz CT molecular complexity index is 3430. The molecule has 1 spiro atoms. The average molecular weight is 786 g/mol. The van der Waals surface area contributed by atoms with Gasteiger partial charge in [-0.15, -0.1) is 0 Å². The highest BCUT2D eigenvalue weighted by atomic mass is 15.1. The molecule has 2 aliphatic carbocycles. The van der Waals surface area contributed by atoms with E-state index in [4.69, 9.17) is 0 Å². The Balaban J connectivity index is 1.16. The Morgan fingerprint density at radius 1 is 0.242 bits per heavy atom. The molecule has 0 N–H and O–H groups in total. The zero-order chi connectivity index (χ0) is 40.8. The number of hydrogen-bond acceptors (Lipinski definition) is 1. The van der Waals surface area contributed by atoms with Crippen LogP contribution in [0.4, 0.5) is 17.1 Å². The van der Waals surface area contributed by atoms with E-state index in [0.29, 0.717) is 0 Å². The molecule has 0 fully saturated rings. The van der Waals surface area contributed by atoms with Crippen molar-refractivity contribution in [3.8, 4) is 44.5 Å². The Labute approximate surface area is 361 Å². The van der Waals surface area contributed by atoms with E-state index >= 15 is 0 Å². The van der Waals surface area contributed by atoms with Gasteiger partial charge >= 0.3 is 0 Å². The zero-order valence-electron chi connectivity index (χ0n) is 34.0. The smallest absolute Gasteiger partial charge is 0.0726 e. The summed E-state index contributed by atoms with van der Waals surface area (Å²) in [5.74, 6) is 0. The molecular formula is C61H39N. The second-order valence-corrected chi connectivity index (χ2v) is 16.7. The minimum absolute atomic E-state index is 0.472. The van der Waals surface area contributed by atoms with Gasteiger partial charge in [0.25, 0.3) is 0 Å². The predicted octanol–water partition coefficient (Wildman–Crippen LogP) is 16.3. The maximum Gasteiger partial charge on any atom is 0.0726 e. The summed E-state index contributed by atoms with van der Waals surface area (Å²) in [5, 5.41) is 7.57. The molecule has 0 aliphatic heterocycles. The van der Waals surface area contributed by atoms with Gasteiger partial charge in [0.05, 0.1) is 11.1 Å². The molecule has 62 heavy (non-hydrogen) atoms. The standard InChI is InChI=1S/C61H39N/c1-3-18-40(19-4-1)44-29-17-30-45(41-20-5-2-6-21-41)60(44)62(42-34-36-50-48-24-8-7-22-46(48)47-23-9-10-25-49(47)55(50)38-42)43-35-37-54-53-28-13-16-33-58(53)61(59(54)39-43)56-31-14-11-26-51(56)52-27-12-15-32-57(52)61/h1-39H. The highest BCUT2D eigenvalue weighted by molar-refractivity contribution is 6.26. The topological polar surface area (TPSA) is 3.24 Å². The molecule has 0 saturated carbocycles. The lowest BCUT2D eigenvalue weighted by atomic mass is 9.70. The molecule has 1 nitrogen and oxygen atoms in total. The fourth-order valence-electron chi connectivity index (χ4n) is 11.1. The molecule has 13 rings (SSSR count). The molecule has 0 bridgehead atoms. The highest BCUT2D eigenvalue weighted by Gasteiger charge is 2.51. The zero-order valence-corrected chi connectivity index (χ0v) is 34.0. The summed E-state index contributed by atoms with van der Waals surface area (Å²) in [6.45, 7) is 0. The van der Waals surface area contributed by atoms with Crippen molar-refractivity contribution in [3.05, 3.63) is 259 Å². The normalized spacial score (nSPS) is 13.0. The largest absolute Gasteiger partial charge is 0.309 e. The molecular weight excluding hydrogens is 747 g/mol. The van der Waals surface area contributed by atoms with Crippen molar-refractivity contribution >= 4 is 49.4 Å². The molecule has 0 heterocycles. The van der Waals surface area contributed by atoms with Crippen LogP contribution in [-0.4, -0.2) is 0 Å². The van der Waals surface area contributed by atoms with E-state index < -0.39 is 5.41 Å². The Morgan fingerprint density at radius 2 is 0.613 bits per heavy atom. The van der Waals surface area contributed by atoms with Crippen molar-refractivity contribution < 1.29 is 0 Å². The van der Waals surface area contributed by atoms with Crippen molar-refractivity contribution in [2.75, 3.05) is 4.90 Å². The van der Waals surface area contributed by atoms with Crippen molar-refractivity contribution in [1.29, 1.82) is 0 Å². The Morgan fingerprint density at radius 3 is 1.13 bits per heavy atom. The number of fused-ring (bicyclic) bond motifs is 16. The van der Waals surface area contributed by atoms with Gasteiger partial charge in [0.2, 0.25) is 0 Å². The quantitative estimate of drug-likeness (QED) is 0.157. The lowest BCUT2D eigenvalue weighted by Crippen LogP contribution is -2.26. The number of para-hydroxylation sites is 1. The van der Waals surface area contributed by atoms with E-state index in [9.17, 15) is 0 Å². The molecule has 0 radical (unpaired) electrons. The summed E-state index contributed by atoms with van der Waals surface area (Å²) >= 11 is 0. The first kappa shape index (κ1) is 34.8. The van der Waals surface area contributed by atoms with Gasteiger partial charge in [-0.25, -0.2) is 0 Å². The van der Waals surface area contributed by atoms with Crippen molar-refractivity contribution in [3.63, 3.8) is 0 Å². The summed E-state index contributed by atoms with van der Waals surface area (Å²) in [6, 6.07) is 88.0. The third kappa shape index (κ3) is 4.85. The minimum atomic E-state index is -0.472. The monoisotopic (exact) mass is 785 g/mol. The number of anilines is 3. The van der Waals surface area contributed by atoms with Crippen LogP contribution in [0, 0.1) is 0 Å². The van der Waals surface area contributed by atoms with Crippen LogP contribution in [0.5, 0.6) is 0 Å². The van der Waals surface area contributed by atoms with Crippen LogP contribution in [0.15, 0.2) is 237 Å². The van der Waals surface area contributed by atoms with Gasteiger partial charge in [0.1, 0.15) is 0 Å². The number of nitrogens with zero attached hydrogens (tertiary/aromatic N) is 1. The Hall–Kier alpha value is -8.00. The number of benzene rings is 11. The maximum absolute atomic E-state index is 2.55. The summed E-state index contributed by atoms with van der Waals surface area (Å²) in [4.78, 5) is 2.55. The molecule has 0 atom stereocenters. The van der Waals surface area contributed by atoms with Crippen LogP contribution >= 0.6 is 0 Å². The van der Waals surface area contributed by atoms with E-state index in [1.54, 1.807) is 0 Å². The van der Waals surface area contributed by atoms with E-state index in [1.165, 1.54) is 99.1 Å². The maximum atomic E-state index is 2.55. The van der Waals surface area contributed by atoms with Crippen LogP contribution in [0.1, 0.15) is 22.3 Å².